The maximum atomic E-state index is 12.1. The second-order valence-corrected chi connectivity index (χ2v) is 4.86. The third-order valence-electron chi connectivity index (χ3n) is 3.36. The van der Waals surface area contributed by atoms with E-state index in [-0.39, 0.29) is 11.5 Å². The number of benzene rings is 2. The van der Waals surface area contributed by atoms with Crippen LogP contribution in [-0.2, 0) is 0 Å². The minimum Gasteiger partial charge on any atom is -0.545 e. The van der Waals surface area contributed by atoms with E-state index < -0.39 is 5.97 Å². The first-order chi connectivity index (χ1) is 11.1. The molecule has 0 aliphatic heterocycles. The summed E-state index contributed by atoms with van der Waals surface area (Å²) in [5, 5.41) is 15.3. The Kier molecular flexibility index (Phi) is 3.88. The number of carbonyl (C=O) groups excluding carboxylic acids is 2. The van der Waals surface area contributed by atoms with Gasteiger partial charge in [0.15, 0.2) is 0 Å². The number of carbonyl (C=O) groups is 2. The van der Waals surface area contributed by atoms with Gasteiger partial charge in [-0.15, -0.1) is 0 Å². The van der Waals surface area contributed by atoms with Crippen LogP contribution >= 0.6 is 0 Å². The van der Waals surface area contributed by atoms with Crippen molar-refractivity contribution in [1.82, 2.24) is 10.4 Å². The van der Waals surface area contributed by atoms with Gasteiger partial charge in [-0.3, -0.25) is 4.79 Å². The number of carboxylic acid groups (broad SMARTS) is 1. The number of aromatic amines is 1. The van der Waals surface area contributed by atoms with Crippen LogP contribution in [0.5, 0.6) is 0 Å². The monoisotopic (exact) mass is 306 g/mol. The molecule has 3 rings (SSSR count). The van der Waals surface area contributed by atoms with E-state index in [1.54, 1.807) is 18.3 Å². The molecule has 0 aliphatic rings. The van der Waals surface area contributed by atoms with Crippen molar-refractivity contribution in [3.05, 3.63) is 71.4 Å². The van der Waals surface area contributed by atoms with Gasteiger partial charge in [0, 0.05) is 17.1 Å². The highest BCUT2D eigenvalue weighted by Gasteiger charge is 2.10. The Balaban J connectivity index is 1.70. The van der Waals surface area contributed by atoms with Crippen LogP contribution in [0.15, 0.2) is 59.8 Å². The fourth-order valence-electron chi connectivity index (χ4n) is 2.19. The zero-order valence-corrected chi connectivity index (χ0v) is 11.9. The van der Waals surface area contributed by atoms with E-state index in [9.17, 15) is 14.7 Å². The van der Waals surface area contributed by atoms with Crippen molar-refractivity contribution in [3.8, 4) is 0 Å². The lowest BCUT2D eigenvalue weighted by Crippen LogP contribution is -2.22. The molecule has 0 fully saturated rings. The Bertz CT molecular complexity index is 895. The number of carboxylic acids is 1. The fourth-order valence-corrected chi connectivity index (χ4v) is 2.19. The van der Waals surface area contributed by atoms with E-state index in [2.05, 4.69) is 15.5 Å². The number of hydrogen-bond donors (Lipinski definition) is 2. The number of hydrogen-bond acceptors (Lipinski definition) is 4. The number of H-pyrrole nitrogens is 1. The normalized spacial score (nSPS) is 11.0. The molecule has 3 aromatic rings. The van der Waals surface area contributed by atoms with Gasteiger partial charge in [-0.05, 0) is 17.2 Å². The molecular weight excluding hydrogens is 294 g/mol. The first kappa shape index (κ1) is 14.5. The first-order valence-electron chi connectivity index (χ1n) is 6.86. The van der Waals surface area contributed by atoms with Crippen molar-refractivity contribution >= 4 is 29.0 Å². The van der Waals surface area contributed by atoms with Crippen LogP contribution < -0.4 is 10.5 Å². The molecule has 0 radical (unpaired) electrons. The van der Waals surface area contributed by atoms with E-state index in [0.717, 1.165) is 10.9 Å². The maximum absolute atomic E-state index is 12.1. The number of amides is 1. The Hall–Kier alpha value is -3.41. The predicted octanol–water partition coefficient (Wildman–Crippen LogP) is 1.30. The standard InChI is InChI=1S/C17H13N3O3/c21-16(14-10-18-15-4-2-1-3-13(14)15)20-19-9-11-5-7-12(8-6-11)17(22)23/h1-10,18H,(H,20,21)(H,22,23)/p-1/b19-9-. The van der Waals surface area contributed by atoms with Crippen molar-refractivity contribution in [2.45, 2.75) is 0 Å². The van der Waals surface area contributed by atoms with Crippen LogP contribution in [0.2, 0.25) is 0 Å². The molecule has 0 saturated carbocycles. The number of fused-ring (bicyclic) bond motifs is 1. The molecule has 1 heterocycles. The molecule has 0 unspecified atom stereocenters. The van der Waals surface area contributed by atoms with E-state index in [4.69, 9.17) is 0 Å². The lowest BCUT2D eigenvalue weighted by molar-refractivity contribution is -0.255. The van der Waals surface area contributed by atoms with Gasteiger partial charge in [0.1, 0.15) is 0 Å². The van der Waals surface area contributed by atoms with Crippen LogP contribution in [0.1, 0.15) is 26.3 Å². The summed E-state index contributed by atoms with van der Waals surface area (Å²) in [6.07, 6.45) is 3.07. The molecule has 2 N–H and O–H groups in total. The van der Waals surface area contributed by atoms with Crippen molar-refractivity contribution in [2.24, 2.45) is 5.10 Å². The number of nitrogens with zero attached hydrogens (tertiary/aromatic N) is 1. The molecule has 6 heteroatoms. The van der Waals surface area contributed by atoms with Crippen LogP contribution in [-0.4, -0.2) is 23.1 Å². The van der Waals surface area contributed by atoms with Crippen LogP contribution in [0.3, 0.4) is 0 Å². The van der Waals surface area contributed by atoms with E-state index >= 15 is 0 Å². The van der Waals surface area contributed by atoms with Gasteiger partial charge in [0.2, 0.25) is 0 Å². The van der Waals surface area contributed by atoms with Gasteiger partial charge in [0.25, 0.3) is 5.91 Å². The summed E-state index contributed by atoms with van der Waals surface area (Å²) in [4.78, 5) is 25.8. The summed E-state index contributed by atoms with van der Waals surface area (Å²) in [5.41, 5.74) is 4.57. The summed E-state index contributed by atoms with van der Waals surface area (Å²) in [6, 6.07) is 13.5. The van der Waals surface area contributed by atoms with Gasteiger partial charge >= 0.3 is 0 Å². The number of hydrazone groups is 1. The molecule has 2 aromatic carbocycles. The highest BCUT2D eigenvalue weighted by atomic mass is 16.4. The Morgan fingerprint density at radius 3 is 2.57 bits per heavy atom. The van der Waals surface area contributed by atoms with Crippen LogP contribution in [0.4, 0.5) is 0 Å². The van der Waals surface area contributed by atoms with Gasteiger partial charge in [-0.1, -0.05) is 42.5 Å². The second kappa shape index (κ2) is 6.15. The Morgan fingerprint density at radius 2 is 1.83 bits per heavy atom. The van der Waals surface area contributed by atoms with Crippen molar-refractivity contribution in [3.63, 3.8) is 0 Å². The molecule has 1 amide bonds. The summed E-state index contributed by atoms with van der Waals surface area (Å²) < 4.78 is 0. The highest BCUT2D eigenvalue weighted by Crippen LogP contribution is 2.17. The average Bonchev–Trinajstić information content (AvgIpc) is 2.99. The first-order valence-corrected chi connectivity index (χ1v) is 6.86. The molecule has 114 valence electrons. The molecular formula is C17H12N3O3-. The molecule has 0 saturated heterocycles. The molecule has 0 spiro atoms. The largest absolute Gasteiger partial charge is 0.545 e. The second-order valence-electron chi connectivity index (χ2n) is 4.86. The molecule has 23 heavy (non-hydrogen) atoms. The third kappa shape index (κ3) is 3.11. The molecule has 0 aliphatic carbocycles. The average molecular weight is 306 g/mol. The lowest BCUT2D eigenvalue weighted by Gasteiger charge is -2.01. The maximum Gasteiger partial charge on any atom is 0.273 e. The summed E-state index contributed by atoms with van der Waals surface area (Å²) in [5.74, 6) is -1.56. The number of aromatic carboxylic acids is 1. The number of para-hydroxylation sites is 1. The van der Waals surface area contributed by atoms with E-state index in [0.29, 0.717) is 11.1 Å². The van der Waals surface area contributed by atoms with Gasteiger partial charge < -0.3 is 14.9 Å². The zero-order chi connectivity index (χ0) is 16.2. The van der Waals surface area contributed by atoms with E-state index in [1.165, 1.54) is 18.3 Å². The predicted molar refractivity (Wildman–Crippen MR) is 84.1 cm³/mol. The number of aromatic nitrogens is 1. The Labute approximate surface area is 131 Å². The van der Waals surface area contributed by atoms with Crippen molar-refractivity contribution in [1.29, 1.82) is 0 Å². The number of nitrogens with one attached hydrogen (secondary N) is 2. The van der Waals surface area contributed by atoms with E-state index in [1.807, 2.05) is 24.3 Å². The SMILES string of the molecule is O=C([O-])c1ccc(/C=N\NC(=O)c2c[nH]c3ccccc23)cc1. The van der Waals surface area contributed by atoms with Crippen LogP contribution in [0, 0.1) is 0 Å². The fraction of sp³-hybridized carbons (Fsp3) is 0. The Morgan fingerprint density at radius 1 is 1.09 bits per heavy atom. The quantitative estimate of drug-likeness (QED) is 0.561. The topological polar surface area (TPSA) is 97.4 Å². The highest BCUT2D eigenvalue weighted by molar-refractivity contribution is 6.06. The summed E-state index contributed by atoms with van der Waals surface area (Å²) in [6.45, 7) is 0. The van der Waals surface area contributed by atoms with Gasteiger partial charge in [-0.25, -0.2) is 5.43 Å². The smallest absolute Gasteiger partial charge is 0.273 e. The lowest BCUT2D eigenvalue weighted by atomic mass is 10.1. The van der Waals surface area contributed by atoms with Crippen LogP contribution in [0.25, 0.3) is 10.9 Å². The zero-order valence-electron chi connectivity index (χ0n) is 11.9. The molecule has 1 aromatic heterocycles. The number of rotatable bonds is 4. The minimum atomic E-state index is -1.24. The summed E-state index contributed by atoms with van der Waals surface area (Å²) in [7, 11) is 0. The summed E-state index contributed by atoms with van der Waals surface area (Å²) >= 11 is 0. The van der Waals surface area contributed by atoms with Gasteiger partial charge in [-0.2, -0.15) is 5.10 Å². The van der Waals surface area contributed by atoms with Crippen molar-refractivity contribution < 1.29 is 14.7 Å². The molecule has 6 nitrogen and oxygen atoms in total. The molecule has 0 atom stereocenters. The van der Waals surface area contributed by atoms with Gasteiger partial charge in [0.05, 0.1) is 17.7 Å². The molecule has 0 bridgehead atoms. The third-order valence-corrected chi connectivity index (χ3v) is 3.36. The van der Waals surface area contributed by atoms with Crippen molar-refractivity contribution in [2.75, 3.05) is 0 Å². The minimum absolute atomic E-state index is 0.0879.